The summed E-state index contributed by atoms with van der Waals surface area (Å²) in [6.07, 6.45) is 3.15. The first-order valence-electron chi connectivity index (χ1n) is 5.22. The maximum atomic E-state index is 8.75. The third kappa shape index (κ3) is 2.32. The normalized spacial score (nSPS) is 21.3. The molecule has 1 aliphatic rings. The average Bonchev–Trinajstić information content (AvgIpc) is 2.62. The zero-order valence-electron chi connectivity index (χ0n) is 8.85. The first kappa shape index (κ1) is 10.5. The smallest absolute Gasteiger partial charge is 0.505 e. The van der Waals surface area contributed by atoms with Crippen molar-refractivity contribution in [3.8, 4) is 5.88 Å². The predicted molar refractivity (Wildman–Crippen MR) is 55.8 cm³/mol. The highest BCUT2D eigenvalue weighted by Gasteiger charge is 2.20. The first-order valence-corrected chi connectivity index (χ1v) is 5.22. The van der Waals surface area contributed by atoms with Gasteiger partial charge in [-0.25, -0.2) is 4.68 Å². The zero-order valence-corrected chi connectivity index (χ0v) is 8.85. The second-order valence-electron chi connectivity index (χ2n) is 3.66. The molecule has 0 bridgehead atoms. The number of hydrogen-bond donors (Lipinski definition) is 1. The minimum Gasteiger partial charge on any atom is -0.525 e. The first-order chi connectivity index (χ1) is 7.31. The van der Waals surface area contributed by atoms with E-state index < -0.39 is 0 Å². The van der Waals surface area contributed by atoms with Gasteiger partial charge in [-0.3, -0.25) is 0 Å². The fourth-order valence-corrected chi connectivity index (χ4v) is 1.79. The molecule has 1 saturated heterocycles. The van der Waals surface area contributed by atoms with Crippen molar-refractivity contribution >= 4 is 7.69 Å². The van der Waals surface area contributed by atoms with E-state index in [1.54, 1.807) is 10.7 Å². The lowest BCUT2D eigenvalue weighted by atomic mass is 10.2. The molecule has 1 unspecified atom stereocenters. The summed E-state index contributed by atoms with van der Waals surface area (Å²) in [6.45, 7) is 2.66. The van der Waals surface area contributed by atoms with Crippen molar-refractivity contribution in [3.63, 3.8) is 0 Å². The SMILES string of the molecule is Cc1cc(OBO)n(C2CCCCO2)n1. The van der Waals surface area contributed by atoms with Crippen LogP contribution in [0.4, 0.5) is 0 Å². The summed E-state index contributed by atoms with van der Waals surface area (Å²) in [5.41, 5.74) is 0.868. The highest BCUT2D eigenvalue weighted by Crippen LogP contribution is 2.26. The van der Waals surface area contributed by atoms with Gasteiger partial charge >= 0.3 is 7.69 Å². The van der Waals surface area contributed by atoms with Gasteiger partial charge in [0.1, 0.15) is 0 Å². The van der Waals surface area contributed by atoms with Gasteiger partial charge in [0.25, 0.3) is 0 Å². The molecular formula is C9H15BN2O3. The Labute approximate surface area is 89.3 Å². The molecule has 1 aromatic rings. The third-order valence-corrected chi connectivity index (χ3v) is 2.46. The summed E-state index contributed by atoms with van der Waals surface area (Å²) >= 11 is 0. The van der Waals surface area contributed by atoms with E-state index in [2.05, 4.69) is 5.10 Å². The van der Waals surface area contributed by atoms with Gasteiger partial charge in [0.15, 0.2) is 12.1 Å². The molecule has 0 amide bonds. The molecule has 0 aromatic carbocycles. The van der Waals surface area contributed by atoms with Crippen LogP contribution in [-0.2, 0) is 4.74 Å². The molecule has 82 valence electrons. The predicted octanol–water partition coefficient (Wildman–Crippen LogP) is 0.528. The fraction of sp³-hybridized carbons (Fsp3) is 0.667. The number of rotatable bonds is 3. The van der Waals surface area contributed by atoms with Gasteiger partial charge in [-0.15, -0.1) is 0 Å². The molecule has 1 aromatic heterocycles. The van der Waals surface area contributed by atoms with E-state index in [0.717, 1.165) is 31.6 Å². The van der Waals surface area contributed by atoms with E-state index in [4.69, 9.17) is 14.4 Å². The van der Waals surface area contributed by atoms with Crippen molar-refractivity contribution in [1.29, 1.82) is 0 Å². The fourth-order valence-electron chi connectivity index (χ4n) is 1.79. The second kappa shape index (κ2) is 4.68. The Morgan fingerprint density at radius 3 is 3.20 bits per heavy atom. The molecule has 0 spiro atoms. The van der Waals surface area contributed by atoms with Gasteiger partial charge in [0.2, 0.25) is 0 Å². The lowest BCUT2D eigenvalue weighted by Crippen LogP contribution is -2.20. The maximum Gasteiger partial charge on any atom is 0.505 e. The molecule has 2 rings (SSSR count). The van der Waals surface area contributed by atoms with Crippen molar-refractivity contribution in [2.45, 2.75) is 32.4 Å². The molecule has 2 heterocycles. The number of hydrogen-bond acceptors (Lipinski definition) is 4. The van der Waals surface area contributed by atoms with Crippen molar-refractivity contribution < 1.29 is 14.4 Å². The highest BCUT2D eigenvalue weighted by atomic mass is 16.5. The Balaban J connectivity index is 2.17. The summed E-state index contributed by atoms with van der Waals surface area (Å²) in [4.78, 5) is 0. The summed E-state index contributed by atoms with van der Waals surface area (Å²) in [5, 5.41) is 13.1. The van der Waals surface area contributed by atoms with Gasteiger partial charge in [-0.1, -0.05) is 0 Å². The van der Waals surface area contributed by atoms with Crippen LogP contribution in [0.2, 0.25) is 0 Å². The topological polar surface area (TPSA) is 56.5 Å². The van der Waals surface area contributed by atoms with Gasteiger partial charge in [-0.2, -0.15) is 5.10 Å². The minimum atomic E-state index is -0.335. The molecule has 1 aliphatic heterocycles. The van der Waals surface area contributed by atoms with E-state index in [-0.39, 0.29) is 13.9 Å². The lowest BCUT2D eigenvalue weighted by Gasteiger charge is -2.24. The number of ether oxygens (including phenoxy) is 1. The van der Waals surface area contributed by atoms with Crippen LogP contribution in [0.15, 0.2) is 6.07 Å². The summed E-state index contributed by atoms with van der Waals surface area (Å²) in [7, 11) is -0.335. The lowest BCUT2D eigenvalue weighted by molar-refractivity contribution is -0.0422. The van der Waals surface area contributed by atoms with Crippen LogP contribution in [0, 0.1) is 6.92 Å². The Bertz CT molecular complexity index is 323. The molecule has 0 saturated carbocycles. The Kier molecular flexibility index (Phi) is 3.28. The van der Waals surface area contributed by atoms with Gasteiger partial charge < -0.3 is 14.4 Å². The van der Waals surface area contributed by atoms with Gasteiger partial charge in [0.05, 0.1) is 5.69 Å². The summed E-state index contributed by atoms with van der Waals surface area (Å²) in [5.74, 6) is 0.571. The van der Waals surface area contributed by atoms with E-state index in [1.807, 2.05) is 6.92 Å². The highest BCUT2D eigenvalue weighted by molar-refractivity contribution is 6.17. The number of aryl methyl sites for hydroxylation is 1. The molecule has 6 heteroatoms. The van der Waals surface area contributed by atoms with Crippen LogP contribution in [0.5, 0.6) is 5.88 Å². The van der Waals surface area contributed by atoms with Crippen molar-refractivity contribution in [2.24, 2.45) is 0 Å². The third-order valence-electron chi connectivity index (χ3n) is 2.46. The summed E-state index contributed by atoms with van der Waals surface area (Å²) < 4.78 is 12.4. The molecule has 1 fully saturated rings. The van der Waals surface area contributed by atoms with E-state index in [9.17, 15) is 0 Å². The maximum absolute atomic E-state index is 8.75. The second-order valence-corrected chi connectivity index (χ2v) is 3.66. The van der Waals surface area contributed by atoms with E-state index in [0.29, 0.717) is 5.88 Å². The molecular weight excluding hydrogens is 195 g/mol. The van der Waals surface area contributed by atoms with E-state index >= 15 is 0 Å². The van der Waals surface area contributed by atoms with Crippen molar-refractivity contribution in [1.82, 2.24) is 9.78 Å². The number of aromatic nitrogens is 2. The summed E-state index contributed by atoms with van der Waals surface area (Å²) in [6, 6.07) is 1.80. The number of nitrogens with zero attached hydrogens (tertiary/aromatic N) is 2. The molecule has 5 nitrogen and oxygen atoms in total. The molecule has 1 atom stereocenters. The van der Waals surface area contributed by atoms with Crippen molar-refractivity contribution in [2.75, 3.05) is 6.61 Å². The molecule has 0 aliphatic carbocycles. The van der Waals surface area contributed by atoms with E-state index in [1.165, 1.54) is 0 Å². The average molecular weight is 210 g/mol. The zero-order chi connectivity index (χ0) is 10.7. The Morgan fingerprint density at radius 1 is 1.67 bits per heavy atom. The van der Waals surface area contributed by atoms with Crippen molar-refractivity contribution in [3.05, 3.63) is 11.8 Å². The Hall–Kier alpha value is -1.01. The molecule has 1 N–H and O–H groups in total. The van der Waals surface area contributed by atoms with Crippen LogP contribution < -0.4 is 4.65 Å². The Morgan fingerprint density at radius 2 is 2.53 bits per heavy atom. The van der Waals surface area contributed by atoms with Gasteiger partial charge in [0, 0.05) is 12.7 Å². The van der Waals surface area contributed by atoms with Crippen LogP contribution >= 0.6 is 0 Å². The molecule has 15 heavy (non-hydrogen) atoms. The van der Waals surface area contributed by atoms with Crippen LogP contribution in [0.3, 0.4) is 0 Å². The standard InChI is InChI=1S/C9H15BN2O3/c1-7-6-9(15-10-13)12(11-7)8-4-2-3-5-14-8/h6,8,10,13H,2-5H2,1H3. The van der Waals surface area contributed by atoms with Crippen LogP contribution in [0.1, 0.15) is 31.2 Å². The monoisotopic (exact) mass is 210 g/mol. The van der Waals surface area contributed by atoms with Gasteiger partial charge in [-0.05, 0) is 26.2 Å². The van der Waals surface area contributed by atoms with Crippen LogP contribution in [-0.4, -0.2) is 29.1 Å². The quantitative estimate of drug-likeness (QED) is 0.739. The van der Waals surface area contributed by atoms with Crippen LogP contribution in [0.25, 0.3) is 0 Å². The minimum absolute atomic E-state index is 0.0472. The largest absolute Gasteiger partial charge is 0.525 e. The molecule has 0 radical (unpaired) electrons.